The van der Waals surface area contributed by atoms with Crippen LogP contribution in [0.5, 0.6) is 0 Å². The molecule has 3 N–H and O–H groups in total. The average molecular weight is 285 g/mol. The Morgan fingerprint density at radius 2 is 2.19 bits per heavy atom. The molecule has 2 heterocycles. The molecule has 0 spiro atoms. The van der Waals surface area contributed by atoms with E-state index in [0.717, 1.165) is 17.6 Å². The number of rotatable bonds is 4. The van der Waals surface area contributed by atoms with Crippen molar-refractivity contribution in [2.24, 2.45) is 0 Å². The van der Waals surface area contributed by atoms with Crippen molar-refractivity contribution in [1.29, 1.82) is 0 Å². The number of aryl methyl sites for hydroxylation is 1. The molecule has 3 rings (SSSR count). The summed E-state index contributed by atoms with van der Waals surface area (Å²) >= 11 is 0. The van der Waals surface area contributed by atoms with Crippen molar-refractivity contribution < 1.29 is 9.59 Å². The van der Waals surface area contributed by atoms with Gasteiger partial charge in [0.05, 0.1) is 0 Å². The number of amides is 2. The molecule has 0 saturated carbocycles. The number of fused-ring (bicyclic) bond motifs is 1. The lowest BCUT2D eigenvalue weighted by atomic mass is 10.1. The average Bonchev–Trinajstić information content (AvgIpc) is 3.03. The number of benzene rings is 1. The Bertz CT molecular complexity index is 690. The summed E-state index contributed by atoms with van der Waals surface area (Å²) in [5.74, 6) is -0.124. The number of aromatic nitrogens is 1. The number of nitrogens with one attached hydrogen (secondary N) is 3. The highest BCUT2D eigenvalue weighted by atomic mass is 16.2. The van der Waals surface area contributed by atoms with Gasteiger partial charge in [-0.2, -0.15) is 0 Å². The standard InChI is InChI=1S/C16H19N3O2/c1-10-11(12-4-2-3-5-13(12)18-10)8-9-17-16(21)14-6-7-15(20)19-14/h2-5,14,18H,6-9H2,1H3,(H,17,21)(H,19,20). The fourth-order valence-corrected chi connectivity index (χ4v) is 2.90. The van der Waals surface area contributed by atoms with E-state index in [-0.39, 0.29) is 17.9 Å². The molecule has 1 unspecified atom stereocenters. The second-order valence-corrected chi connectivity index (χ2v) is 5.47. The normalized spacial score (nSPS) is 18.0. The van der Waals surface area contributed by atoms with Gasteiger partial charge in [-0.3, -0.25) is 9.59 Å². The quantitative estimate of drug-likeness (QED) is 0.794. The molecule has 1 aliphatic heterocycles. The van der Waals surface area contributed by atoms with Crippen LogP contribution in [0, 0.1) is 6.92 Å². The van der Waals surface area contributed by atoms with Crippen molar-refractivity contribution in [2.75, 3.05) is 6.54 Å². The number of aromatic amines is 1. The highest BCUT2D eigenvalue weighted by Gasteiger charge is 2.26. The van der Waals surface area contributed by atoms with Crippen LogP contribution in [0.2, 0.25) is 0 Å². The third-order valence-electron chi connectivity index (χ3n) is 4.01. The van der Waals surface area contributed by atoms with Gasteiger partial charge in [0.1, 0.15) is 6.04 Å². The summed E-state index contributed by atoms with van der Waals surface area (Å²) in [7, 11) is 0. The first kappa shape index (κ1) is 13.7. The van der Waals surface area contributed by atoms with Crippen LogP contribution in [-0.4, -0.2) is 29.4 Å². The molecule has 0 bridgehead atoms. The summed E-state index contributed by atoms with van der Waals surface area (Å²) < 4.78 is 0. The number of carbonyl (C=O) groups is 2. The van der Waals surface area contributed by atoms with Crippen molar-refractivity contribution >= 4 is 22.7 Å². The van der Waals surface area contributed by atoms with E-state index in [1.54, 1.807) is 0 Å². The fraction of sp³-hybridized carbons (Fsp3) is 0.375. The minimum Gasteiger partial charge on any atom is -0.358 e. The second kappa shape index (κ2) is 5.60. The minimum atomic E-state index is -0.360. The number of carbonyl (C=O) groups excluding carboxylic acids is 2. The van der Waals surface area contributed by atoms with Gasteiger partial charge in [-0.15, -0.1) is 0 Å². The summed E-state index contributed by atoms with van der Waals surface area (Å²) in [6.45, 7) is 2.63. The Balaban J connectivity index is 1.61. The van der Waals surface area contributed by atoms with Gasteiger partial charge >= 0.3 is 0 Å². The minimum absolute atomic E-state index is 0.0392. The highest BCUT2D eigenvalue weighted by molar-refractivity contribution is 5.90. The lowest BCUT2D eigenvalue weighted by Gasteiger charge is -2.10. The highest BCUT2D eigenvalue weighted by Crippen LogP contribution is 2.21. The Labute approximate surface area is 123 Å². The zero-order chi connectivity index (χ0) is 14.8. The van der Waals surface area contributed by atoms with E-state index in [1.165, 1.54) is 10.9 Å². The monoisotopic (exact) mass is 285 g/mol. The maximum Gasteiger partial charge on any atom is 0.242 e. The van der Waals surface area contributed by atoms with Crippen LogP contribution < -0.4 is 10.6 Å². The molecule has 5 heteroatoms. The molecule has 5 nitrogen and oxygen atoms in total. The predicted octanol–water partition coefficient (Wildman–Crippen LogP) is 1.41. The van der Waals surface area contributed by atoms with Gasteiger partial charge in [0.25, 0.3) is 0 Å². The molecule has 2 amide bonds. The molecule has 1 aromatic heterocycles. The molecule has 1 fully saturated rings. The zero-order valence-corrected chi connectivity index (χ0v) is 12.0. The Kier molecular flexibility index (Phi) is 3.64. The second-order valence-electron chi connectivity index (χ2n) is 5.47. The van der Waals surface area contributed by atoms with Crippen LogP contribution >= 0.6 is 0 Å². The molecule has 1 atom stereocenters. The Hall–Kier alpha value is -2.30. The molecule has 110 valence electrons. The van der Waals surface area contributed by atoms with Gasteiger partial charge < -0.3 is 15.6 Å². The predicted molar refractivity (Wildman–Crippen MR) is 80.9 cm³/mol. The van der Waals surface area contributed by atoms with E-state index in [9.17, 15) is 9.59 Å². The van der Waals surface area contributed by atoms with Gasteiger partial charge in [-0.05, 0) is 31.4 Å². The molecular formula is C16H19N3O2. The van der Waals surface area contributed by atoms with Gasteiger partial charge in [0.2, 0.25) is 11.8 Å². The summed E-state index contributed by atoms with van der Waals surface area (Å²) in [6.07, 6.45) is 1.82. The molecule has 21 heavy (non-hydrogen) atoms. The van der Waals surface area contributed by atoms with Crippen molar-refractivity contribution in [2.45, 2.75) is 32.2 Å². The summed E-state index contributed by atoms with van der Waals surface area (Å²) in [4.78, 5) is 26.4. The molecular weight excluding hydrogens is 266 g/mol. The van der Waals surface area contributed by atoms with Crippen LogP contribution in [0.3, 0.4) is 0 Å². The summed E-state index contributed by atoms with van der Waals surface area (Å²) in [5.41, 5.74) is 3.50. The van der Waals surface area contributed by atoms with E-state index in [0.29, 0.717) is 19.4 Å². The van der Waals surface area contributed by atoms with E-state index < -0.39 is 0 Å². The van der Waals surface area contributed by atoms with E-state index in [2.05, 4.69) is 27.8 Å². The third kappa shape index (κ3) is 2.77. The third-order valence-corrected chi connectivity index (χ3v) is 4.01. The van der Waals surface area contributed by atoms with Crippen LogP contribution in [0.15, 0.2) is 24.3 Å². The summed E-state index contributed by atoms with van der Waals surface area (Å²) in [6, 6.07) is 7.81. The Morgan fingerprint density at radius 3 is 2.95 bits per heavy atom. The van der Waals surface area contributed by atoms with Crippen LogP contribution in [0.4, 0.5) is 0 Å². The van der Waals surface area contributed by atoms with Gasteiger partial charge in [-0.25, -0.2) is 0 Å². The topological polar surface area (TPSA) is 74.0 Å². The van der Waals surface area contributed by atoms with E-state index in [4.69, 9.17) is 0 Å². The van der Waals surface area contributed by atoms with Crippen molar-refractivity contribution in [3.63, 3.8) is 0 Å². The Morgan fingerprint density at radius 1 is 1.38 bits per heavy atom. The maximum absolute atomic E-state index is 11.9. The van der Waals surface area contributed by atoms with E-state index in [1.807, 2.05) is 19.1 Å². The lowest BCUT2D eigenvalue weighted by molar-refractivity contribution is -0.125. The number of para-hydroxylation sites is 1. The largest absolute Gasteiger partial charge is 0.358 e. The van der Waals surface area contributed by atoms with Crippen LogP contribution in [0.1, 0.15) is 24.1 Å². The molecule has 2 aromatic rings. The number of hydrogen-bond donors (Lipinski definition) is 3. The van der Waals surface area contributed by atoms with Crippen LogP contribution in [-0.2, 0) is 16.0 Å². The maximum atomic E-state index is 11.9. The smallest absolute Gasteiger partial charge is 0.242 e. The molecule has 1 aromatic carbocycles. The van der Waals surface area contributed by atoms with Crippen molar-refractivity contribution in [3.05, 3.63) is 35.5 Å². The fourth-order valence-electron chi connectivity index (χ4n) is 2.90. The molecule has 1 aliphatic rings. The zero-order valence-electron chi connectivity index (χ0n) is 12.0. The molecule has 0 aliphatic carbocycles. The molecule has 1 saturated heterocycles. The van der Waals surface area contributed by atoms with E-state index >= 15 is 0 Å². The first-order valence-electron chi connectivity index (χ1n) is 7.28. The number of H-pyrrole nitrogens is 1. The molecule has 0 radical (unpaired) electrons. The lowest BCUT2D eigenvalue weighted by Crippen LogP contribution is -2.42. The first-order chi connectivity index (χ1) is 10.1. The van der Waals surface area contributed by atoms with Gasteiger partial charge in [0.15, 0.2) is 0 Å². The number of hydrogen-bond acceptors (Lipinski definition) is 2. The van der Waals surface area contributed by atoms with Gasteiger partial charge in [0, 0.05) is 29.6 Å². The van der Waals surface area contributed by atoms with Crippen LogP contribution in [0.25, 0.3) is 10.9 Å². The summed E-state index contributed by atoms with van der Waals surface area (Å²) in [5, 5.41) is 6.80. The SMILES string of the molecule is Cc1[nH]c2ccccc2c1CCNC(=O)C1CCC(=O)N1. The van der Waals surface area contributed by atoms with Crippen molar-refractivity contribution in [1.82, 2.24) is 15.6 Å². The first-order valence-corrected chi connectivity index (χ1v) is 7.28. The van der Waals surface area contributed by atoms with Gasteiger partial charge in [-0.1, -0.05) is 18.2 Å². The van der Waals surface area contributed by atoms with Crippen molar-refractivity contribution in [3.8, 4) is 0 Å².